The molecule has 2 N–H and O–H groups in total. The van der Waals surface area contributed by atoms with Crippen molar-refractivity contribution in [1.82, 2.24) is 10.2 Å². The van der Waals surface area contributed by atoms with Crippen LogP contribution in [0.2, 0.25) is 5.02 Å². The van der Waals surface area contributed by atoms with Crippen molar-refractivity contribution in [2.75, 3.05) is 31.5 Å². The highest BCUT2D eigenvalue weighted by Crippen LogP contribution is 2.32. The summed E-state index contributed by atoms with van der Waals surface area (Å²) in [6.07, 6.45) is 7.77. The number of anilines is 1. The van der Waals surface area contributed by atoms with Crippen LogP contribution in [0, 0.1) is 0 Å². The van der Waals surface area contributed by atoms with Gasteiger partial charge in [0.15, 0.2) is 11.5 Å². The Morgan fingerprint density at radius 1 is 1.09 bits per heavy atom. The standard InChI is InChI=1S/C25H28ClN3O3/c26-20-9-6-18(7-10-20)16-23-25(31)28-21-17-19(8-11-22(21)32-23)24(30)27-12-5-15-29-13-3-1-2-4-14-29/h6-11,16-17H,1-5,12-15H2,(H,27,30)(H,28,31). The molecule has 2 aromatic carbocycles. The maximum atomic E-state index is 12.6. The van der Waals surface area contributed by atoms with E-state index in [1.807, 2.05) is 12.1 Å². The lowest BCUT2D eigenvalue weighted by Gasteiger charge is -2.21. The minimum absolute atomic E-state index is 0.152. The first-order valence-corrected chi connectivity index (χ1v) is 11.6. The van der Waals surface area contributed by atoms with Crippen LogP contribution >= 0.6 is 11.6 Å². The predicted molar refractivity (Wildman–Crippen MR) is 127 cm³/mol. The Hall–Kier alpha value is -2.83. The molecule has 2 amide bonds. The minimum Gasteiger partial charge on any atom is -0.449 e. The number of ether oxygens (including phenoxy) is 1. The van der Waals surface area contributed by atoms with Crippen LogP contribution < -0.4 is 15.4 Å². The smallest absolute Gasteiger partial charge is 0.291 e. The van der Waals surface area contributed by atoms with E-state index in [2.05, 4.69) is 15.5 Å². The number of benzene rings is 2. The number of carbonyl (C=O) groups is 2. The zero-order chi connectivity index (χ0) is 22.3. The van der Waals surface area contributed by atoms with Gasteiger partial charge in [0.1, 0.15) is 0 Å². The highest BCUT2D eigenvalue weighted by molar-refractivity contribution is 6.30. The van der Waals surface area contributed by atoms with Gasteiger partial charge in [-0.2, -0.15) is 0 Å². The van der Waals surface area contributed by atoms with Crippen LogP contribution in [0.15, 0.2) is 48.2 Å². The number of hydrogen-bond donors (Lipinski definition) is 2. The van der Waals surface area contributed by atoms with Gasteiger partial charge in [-0.05, 0) is 80.9 Å². The first kappa shape index (κ1) is 22.4. The van der Waals surface area contributed by atoms with E-state index < -0.39 is 0 Å². The van der Waals surface area contributed by atoms with E-state index in [1.165, 1.54) is 25.7 Å². The van der Waals surface area contributed by atoms with Crippen LogP contribution in [-0.2, 0) is 4.79 Å². The van der Waals surface area contributed by atoms with Crippen molar-refractivity contribution in [3.8, 4) is 5.75 Å². The molecule has 2 aliphatic heterocycles. The van der Waals surface area contributed by atoms with Crippen LogP contribution in [0.3, 0.4) is 0 Å². The van der Waals surface area contributed by atoms with Gasteiger partial charge in [0, 0.05) is 17.1 Å². The minimum atomic E-state index is -0.359. The van der Waals surface area contributed by atoms with Crippen molar-refractivity contribution in [1.29, 1.82) is 0 Å². The molecule has 0 aliphatic carbocycles. The Balaban J connectivity index is 1.32. The SMILES string of the molecule is O=C1Nc2cc(C(=O)NCCCN3CCCCCC3)ccc2OC1=Cc1ccc(Cl)cc1. The summed E-state index contributed by atoms with van der Waals surface area (Å²) in [4.78, 5) is 27.5. The zero-order valence-corrected chi connectivity index (χ0v) is 18.8. The van der Waals surface area contributed by atoms with Crippen molar-refractivity contribution in [3.05, 3.63) is 64.4 Å². The van der Waals surface area contributed by atoms with Gasteiger partial charge in [-0.25, -0.2) is 0 Å². The highest BCUT2D eigenvalue weighted by Gasteiger charge is 2.23. The lowest BCUT2D eigenvalue weighted by molar-refractivity contribution is -0.115. The van der Waals surface area contributed by atoms with E-state index in [-0.39, 0.29) is 17.6 Å². The van der Waals surface area contributed by atoms with E-state index in [0.29, 0.717) is 28.6 Å². The Bertz CT molecular complexity index is 996. The van der Waals surface area contributed by atoms with Crippen molar-refractivity contribution in [2.45, 2.75) is 32.1 Å². The number of carbonyl (C=O) groups excluding carboxylic acids is 2. The maximum Gasteiger partial charge on any atom is 0.291 e. The molecule has 168 valence electrons. The summed E-state index contributed by atoms with van der Waals surface area (Å²) >= 11 is 5.91. The average molecular weight is 454 g/mol. The van der Waals surface area contributed by atoms with Crippen LogP contribution in [0.1, 0.15) is 48.0 Å². The largest absolute Gasteiger partial charge is 0.449 e. The summed E-state index contributed by atoms with van der Waals surface area (Å²) in [5.41, 5.74) is 1.78. The second-order valence-electron chi connectivity index (χ2n) is 8.19. The van der Waals surface area contributed by atoms with Crippen molar-refractivity contribution in [2.24, 2.45) is 0 Å². The van der Waals surface area contributed by atoms with Crippen molar-refractivity contribution >= 4 is 35.2 Å². The third-order valence-electron chi connectivity index (χ3n) is 5.74. The van der Waals surface area contributed by atoms with Crippen molar-refractivity contribution in [3.63, 3.8) is 0 Å². The van der Waals surface area contributed by atoms with Gasteiger partial charge < -0.3 is 20.3 Å². The third kappa shape index (κ3) is 5.90. The number of nitrogens with one attached hydrogen (secondary N) is 2. The second-order valence-corrected chi connectivity index (χ2v) is 8.63. The predicted octanol–water partition coefficient (Wildman–Crippen LogP) is 4.71. The topological polar surface area (TPSA) is 70.7 Å². The quantitative estimate of drug-likeness (QED) is 0.491. The second kappa shape index (κ2) is 10.7. The lowest BCUT2D eigenvalue weighted by Crippen LogP contribution is -2.30. The number of amides is 2. The fraction of sp³-hybridized carbons (Fsp3) is 0.360. The van der Waals surface area contributed by atoms with Gasteiger partial charge in [-0.1, -0.05) is 36.6 Å². The molecule has 2 aromatic rings. The molecule has 0 atom stereocenters. The Morgan fingerprint density at radius 3 is 2.59 bits per heavy atom. The van der Waals surface area contributed by atoms with Crippen LogP contribution in [0.5, 0.6) is 5.75 Å². The third-order valence-corrected chi connectivity index (χ3v) is 5.99. The molecule has 4 rings (SSSR count). The first-order valence-electron chi connectivity index (χ1n) is 11.2. The Morgan fingerprint density at radius 2 is 1.84 bits per heavy atom. The molecule has 1 fully saturated rings. The number of nitrogens with zero attached hydrogens (tertiary/aromatic N) is 1. The molecule has 0 bridgehead atoms. The summed E-state index contributed by atoms with van der Waals surface area (Å²) < 4.78 is 5.77. The van der Waals surface area contributed by atoms with E-state index >= 15 is 0 Å². The molecule has 0 spiro atoms. The highest BCUT2D eigenvalue weighted by atomic mass is 35.5. The summed E-state index contributed by atoms with van der Waals surface area (Å²) in [5, 5.41) is 6.41. The van der Waals surface area contributed by atoms with Gasteiger partial charge >= 0.3 is 0 Å². The maximum absolute atomic E-state index is 12.6. The molecule has 0 unspecified atom stereocenters. The fourth-order valence-electron chi connectivity index (χ4n) is 3.98. The van der Waals surface area contributed by atoms with Gasteiger partial charge in [0.05, 0.1) is 5.69 Å². The molecular formula is C25H28ClN3O3. The molecule has 2 heterocycles. The summed E-state index contributed by atoms with van der Waals surface area (Å²) in [6.45, 7) is 3.96. The molecule has 1 saturated heterocycles. The van der Waals surface area contributed by atoms with E-state index in [1.54, 1.807) is 36.4 Å². The Labute approximate surface area is 193 Å². The van der Waals surface area contributed by atoms with E-state index in [9.17, 15) is 9.59 Å². The van der Waals surface area contributed by atoms with E-state index in [0.717, 1.165) is 31.6 Å². The van der Waals surface area contributed by atoms with Gasteiger partial charge in [-0.3, -0.25) is 9.59 Å². The first-order chi connectivity index (χ1) is 15.6. The number of fused-ring (bicyclic) bond motifs is 1. The normalized spacial score (nSPS) is 17.8. The average Bonchev–Trinajstić information content (AvgIpc) is 3.07. The van der Waals surface area contributed by atoms with Gasteiger partial charge in [0.25, 0.3) is 11.8 Å². The molecule has 32 heavy (non-hydrogen) atoms. The van der Waals surface area contributed by atoms with Crippen LogP contribution in [0.4, 0.5) is 5.69 Å². The van der Waals surface area contributed by atoms with Crippen LogP contribution in [0.25, 0.3) is 6.08 Å². The molecule has 0 aromatic heterocycles. The summed E-state index contributed by atoms with van der Waals surface area (Å²) in [7, 11) is 0. The molecule has 2 aliphatic rings. The number of rotatable bonds is 6. The lowest BCUT2D eigenvalue weighted by atomic mass is 10.1. The molecule has 7 heteroatoms. The monoisotopic (exact) mass is 453 g/mol. The summed E-state index contributed by atoms with van der Waals surface area (Å²) in [6, 6.07) is 12.2. The van der Waals surface area contributed by atoms with Crippen LogP contribution in [-0.4, -0.2) is 42.9 Å². The molecule has 0 radical (unpaired) electrons. The summed E-state index contributed by atoms with van der Waals surface area (Å²) in [5.74, 6) is 0.177. The fourth-order valence-corrected chi connectivity index (χ4v) is 4.10. The zero-order valence-electron chi connectivity index (χ0n) is 18.0. The van der Waals surface area contributed by atoms with Crippen molar-refractivity contribution < 1.29 is 14.3 Å². The number of likely N-dealkylation sites (tertiary alicyclic amines) is 1. The number of halogens is 1. The molecular weight excluding hydrogens is 426 g/mol. The van der Waals surface area contributed by atoms with Gasteiger partial charge in [0.2, 0.25) is 0 Å². The van der Waals surface area contributed by atoms with E-state index in [4.69, 9.17) is 16.3 Å². The molecule has 6 nitrogen and oxygen atoms in total. The number of hydrogen-bond acceptors (Lipinski definition) is 4. The van der Waals surface area contributed by atoms with Gasteiger partial charge in [-0.15, -0.1) is 0 Å². The Kier molecular flexibility index (Phi) is 7.45. The molecule has 0 saturated carbocycles.